The molecule has 2 rings (SSSR count). The van der Waals surface area contributed by atoms with E-state index in [-0.39, 0.29) is 12.6 Å². The van der Waals surface area contributed by atoms with Crippen LogP contribution >= 0.6 is 0 Å². The molecule has 0 bridgehead atoms. The fourth-order valence-electron chi connectivity index (χ4n) is 3.46. The summed E-state index contributed by atoms with van der Waals surface area (Å²) in [5.41, 5.74) is 0.277. The van der Waals surface area contributed by atoms with E-state index < -0.39 is 17.3 Å². The molecule has 5 nitrogen and oxygen atoms in total. The number of hydrogen-bond donors (Lipinski definition) is 1. The SMILES string of the molecule is COCC[C@H](CC1(C(=O)OCc2ccccc2)CCCC1)C(=O)O. The van der Waals surface area contributed by atoms with Gasteiger partial charge in [-0.3, -0.25) is 9.59 Å². The Hall–Kier alpha value is -1.88. The van der Waals surface area contributed by atoms with Crippen LogP contribution in [0.1, 0.15) is 44.1 Å². The minimum Gasteiger partial charge on any atom is -0.481 e. The maximum atomic E-state index is 12.7. The molecule has 1 fully saturated rings. The molecule has 1 aliphatic rings. The number of carbonyl (C=O) groups excluding carboxylic acids is 1. The quantitative estimate of drug-likeness (QED) is 0.701. The topological polar surface area (TPSA) is 72.8 Å². The van der Waals surface area contributed by atoms with Gasteiger partial charge in [0.1, 0.15) is 6.61 Å². The molecular formula is C19H26O5. The molecule has 1 aromatic carbocycles. The van der Waals surface area contributed by atoms with Gasteiger partial charge >= 0.3 is 11.9 Å². The minimum atomic E-state index is -0.866. The zero-order valence-electron chi connectivity index (χ0n) is 14.2. The van der Waals surface area contributed by atoms with E-state index in [0.717, 1.165) is 18.4 Å². The van der Waals surface area contributed by atoms with Crippen LogP contribution in [0, 0.1) is 11.3 Å². The van der Waals surface area contributed by atoms with Gasteiger partial charge in [-0.05, 0) is 31.2 Å². The summed E-state index contributed by atoms with van der Waals surface area (Å²) in [5.74, 6) is -1.70. The van der Waals surface area contributed by atoms with Crippen LogP contribution in [0.3, 0.4) is 0 Å². The average molecular weight is 334 g/mol. The van der Waals surface area contributed by atoms with Crippen molar-refractivity contribution in [3.63, 3.8) is 0 Å². The predicted octanol–water partition coefficient (Wildman–Crippen LogP) is 3.42. The first-order valence-corrected chi connectivity index (χ1v) is 8.50. The summed E-state index contributed by atoms with van der Waals surface area (Å²) in [6.45, 7) is 0.614. The van der Waals surface area contributed by atoms with Gasteiger partial charge in [-0.2, -0.15) is 0 Å². The summed E-state index contributed by atoms with van der Waals surface area (Å²) in [6.07, 6.45) is 4.04. The molecule has 0 saturated heterocycles. The summed E-state index contributed by atoms with van der Waals surface area (Å²) in [4.78, 5) is 24.3. The lowest BCUT2D eigenvalue weighted by molar-refractivity contribution is -0.160. The van der Waals surface area contributed by atoms with Crippen molar-refractivity contribution >= 4 is 11.9 Å². The first-order chi connectivity index (χ1) is 11.6. The summed E-state index contributed by atoms with van der Waals surface area (Å²) >= 11 is 0. The summed E-state index contributed by atoms with van der Waals surface area (Å²) < 4.78 is 10.5. The van der Waals surface area contributed by atoms with Crippen LogP contribution in [0.25, 0.3) is 0 Å². The third-order valence-electron chi connectivity index (χ3n) is 4.86. The average Bonchev–Trinajstić information content (AvgIpc) is 3.07. The van der Waals surface area contributed by atoms with Gasteiger partial charge in [0.25, 0.3) is 0 Å². The molecule has 1 aliphatic carbocycles. The molecule has 5 heteroatoms. The maximum absolute atomic E-state index is 12.7. The molecular weight excluding hydrogens is 308 g/mol. The van der Waals surface area contributed by atoms with Gasteiger partial charge in [-0.25, -0.2) is 0 Å². The van der Waals surface area contributed by atoms with Gasteiger partial charge in [0.05, 0.1) is 11.3 Å². The third-order valence-corrected chi connectivity index (χ3v) is 4.86. The van der Waals surface area contributed by atoms with Crippen molar-refractivity contribution in [2.24, 2.45) is 11.3 Å². The third kappa shape index (κ3) is 4.81. The van der Waals surface area contributed by atoms with E-state index in [1.165, 1.54) is 0 Å². The van der Waals surface area contributed by atoms with Gasteiger partial charge in [0, 0.05) is 13.7 Å². The number of methoxy groups -OCH3 is 1. The summed E-state index contributed by atoms with van der Waals surface area (Å²) in [7, 11) is 1.55. The van der Waals surface area contributed by atoms with Gasteiger partial charge in [-0.15, -0.1) is 0 Å². The number of hydrogen-bond acceptors (Lipinski definition) is 4. The lowest BCUT2D eigenvalue weighted by Gasteiger charge is -2.29. The van der Waals surface area contributed by atoms with E-state index in [1.54, 1.807) is 7.11 Å². The molecule has 132 valence electrons. The Kier molecular flexibility index (Phi) is 6.79. The van der Waals surface area contributed by atoms with Crippen LogP contribution in [0.4, 0.5) is 0 Å². The van der Waals surface area contributed by atoms with Crippen LogP contribution in [-0.2, 0) is 25.7 Å². The molecule has 0 radical (unpaired) electrons. The molecule has 0 aromatic heterocycles. The molecule has 24 heavy (non-hydrogen) atoms. The van der Waals surface area contributed by atoms with Gasteiger partial charge in [0.15, 0.2) is 0 Å². The van der Waals surface area contributed by atoms with E-state index in [1.807, 2.05) is 30.3 Å². The highest BCUT2D eigenvalue weighted by Crippen LogP contribution is 2.45. The molecule has 0 amide bonds. The molecule has 1 saturated carbocycles. The van der Waals surface area contributed by atoms with Crippen molar-refractivity contribution < 1.29 is 24.2 Å². The summed E-state index contributed by atoms with van der Waals surface area (Å²) in [6, 6.07) is 9.54. The van der Waals surface area contributed by atoms with Crippen LogP contribution in [0.15, 0.2) is 30.3 Å². The lowest BCUT2D eigenvalue weighted by atomic mass is 9.77. The number of carboxylic acids is 1. The van der Waals surface area contributed by atoms with Crippen molar-refractivity contribution in [2.75, 3.05) is 13.7 Å². The smallest absolute Gasteiger partial charge is 0.312 e. The molecule has 1 N–H and O–H groups in total. The minimum absolute atomic E-state index is 0.233. The van der Waals surface area contributed by atoms with Crippen LogP contribution in [-0.4, -0.2) is 30.8 Å². The zero-order chi connectivity index (χ0) is 17.4. The van der Waals surface area contributed by atoms with Crippen LogP contribution in [0.2, 0.25) is 0 Å². The number of carboxylic acid groups (broad SMARTS) is 1. The second-order valence-electron chi connectivity index (χ2n) is 6.57. The lowest BCUT2D eigenvalue weighted by Crippen LogP contribution is -2.35. The van der Waals surface area contributed by atoms with Gasteiger partial charge < -0.3 is 14.6 Å². The Morgan fingerprint density at radius 1 is 1.21 bits per heavy atom. The van der Waals surface area contributed by atoms with E-state index in [4.69, 9.17) is 9.47 Å². The number of aliphatic carboxylic acids is 1. The highest BCUT2D eigenvalue weighted by molar-refractivity contribution is 5.79. The number of rotatable bonds is 9. The first-order valence-electron chi connectivity index (χ1n) is 8.50. The van der Waals surface area contributed by atoms with E-state index in [0.29, 0.717) is 32.3 Å². The normalized spacial score (nSPS) is 17.4. The second-order valence-corrected chi connectivity index (χ2v) is 6.57. The Balaban J connectivity index is 2.02. The number of ether oxygens (including phenoxy) is 2. The van der Waals surface area contributed by atoms with E-state index >= 15 is 0 Å². The Bertz CT molecular complexity index is 534. The van der Waals surface area contributed by atoms with E-state index in [2.05, 4.69) is 0 Å². The van der Waals surface area contributed by atoms with Crippen molar-refractivity contribution in [3.05, 3.63) is 35.9 Å². The fourth-order valence-corrected chi connectivity index (χ4v) is 3.46. The van der Waals surface area contributed by atoms with Crippen molar-refractivity contribution in [1.29, 1.82) is 0 Å². The summed E-state index contributed by atoms with van der Waals surface area (Å²) in [5, 5.41) is 9.46. The molecule has 1 aromatic rings. The molecule has 0 spiro atoms. The van der Waals surface area contributed by atoms with Crippen LogP contribution in [0.5, 0.6) is 0 Å². The van der Waals surface area contributed by atoms with Crippen molar-refractivity contribution in [2.45, 2.75) is 45.1 Å². The first kappa shape index (κ1) is 18.5. The highest BCUT2D eigenvalue weighted by atomic mass is 16.5. The van der Waals surface area contributed by atoms with Gasteiger partial charge in [-0.1, -0.05) is 43.2 Å². The standard InChI is InChI=1S/C19H26O5/c1-23-12-9-16(17(20)21)13-19(10-5-6-11-19)18(22)24-14-15-7-3-2-4-8-15/h2-4,7-8,16H,5-6,9-14H2,1H3,(H,20,21)/t16-/m1/s1. The zero-order valence-corrected chi connectivity index (χ0v) is 14.2. The highest BCUT2D eigenvalue weighted by Gasteiger charge is 2.45. The largest absolute Gasteiger partial charge is 0.481 e. The molecule has 0 unspecified atom stereocenters. The van der Waals surface area contributed by atoms with Crippen molar-refractivity contribution in [3.8, 4) is 0 Å². The van der Waals surface area contributed by atoms with Crippen molar-refractivity contribution in [1.82, 2.24) is 0 Å². The number of benzene rings is 1. The Morgan fingerprint density at radius 2 is 1.88 bits per heavy atom. The molecule has 0 heterocycles. The number of carbonyl (C=O) groups is 2. The number of esters is 1. The maximum Gasteiger partial charge on any atom is 0.312 e. The monoisotopic (exact) mass is 334 g/mol. The van der Waals surface area contributed by atoms with Crippen LogP contribution < -0.4 is 0 Å². The predicted molar refractivity (Wildman–Crippen MR) is 89.4 cm³/mol. The molecule has 0 aliphatic heterocycles. The van der Waals surface area contributed by atoms with Gasteiger partial charge in [0.2, 0.25) is 0 Å². The Morgan fingerprint density at radius 3 is 2.46 bits per heavy atom. The van der Waals surface area contributed by atoms with E-state index in [9.17, 15) is 14.7 Å². The fraction of sp³-hybridized carbons (Fsp3) is 0.579. The second kappa shape index (κ2) is 8.83. The Labute approximate surface area is 143 Å². The molecule has 1 atom stereocenters.